The van der Waals surface area contributed by atoms with Gasteiger partial charge >= 0.3 is 0 Å². The lowest BCUT2D eigenvalue weighted by Crippen LogP contribution is -2.55. The minimum atomic E-state index is -0.394. The number of aliphatic hydroxyl groups excluding tert-OH is 2. The molecule has 176 valence electrons. The maximum atomic E-state index is 10.3. The second kappa shape index (κ2) is 7.17. The fourth-order valence-corrected chi connectivity index (χ4v) is 10.3. The topological polar surface area (TPSA) is 58.9 Å². The van der Waals surface area contributed by atoms with Crippen LogP contribution >= 0.6 is 0 Å². The van der Waals surface area contributed by atoms with Crippen LogP contribution in [0.2, 0.25) is 0 Å². The minimum absolute atomic E-state index is 0.0549. The normalized spacial score (nSPS) is 60.9. The van der Waals surface area contributed by atoms with Crippen LogP contribution in [0.25, 0.3) is 0 Å². The number of hydrogen-bond acceptors (Lipinski definition) is 4. The monoisotopic (exact) mass is 432 g/mol. The third kappa shape index (κ3) is 2.87. The fraction of sp³-hybridized carbons (Fsp3) is 1.00. The van der Waals surface area contributed by atoms with Crippen molar-refractivity contribution >= 4 is 0 Å². The van der Waals surface area contributed by atoms with Crippen molar-refractivity contribution in [3.8, 4) is 0 Å². The molecule has 0 bridgehead atoms. The zero-order valence-electron chi connectivity index (χ0n) is 19.9. The van der Waals surface area contributed by atoms with Crippen LogP contribution in [0.3, 0.4) is 0 Å². The van der Waals surface area contributed by atoms with E-state index in [1.54, 1.807) is 0 Å². The van der Waals surface area contributed by atoms with Crippen molar-refractivity contribution in [2.24, 2.45) is 52.3 Å². The van der Waals surface area contributed by atoms with Crippen LogP contribution < -0.4 is 0 Å². The molecule has 0 radical (unpaired) electrons. The molecule has 4 nitrogen and oxygen atoms in total. The first-order valence-electron chi connectivity index (χ1n) is 13.4. The van der Waals surface area contributed by atoms with Crippen molar-refractivity contribution in [1.82, 2.24) is 0 Å². The minimum Gasteiger partial charge on any atom is -0.396 e. The summed E-state index contributed by atoms with van der Waals surface area (Å²) in [7, 11) is 0. The molecule has 6 fully saturated rings. The Labute approximate surface area is 188 Å². The van der Waals surface area contributed by atoms with Crippen molar-refractivity contribution < 1.29 is 19.7 Å². The standard InChI is InChI=1S/C27H44O4/c1-16-24-23(31-27(16)11-6-17(14-28)15-30-27)13-22-20-5-4-18-12-19(29)7-9-25(18,2)21(20)8-10-26(22,24)3/h16-24,28-29H,4-15H2,1-3H3/t16-,17?,18?,19+,20+,21-,22-,23-,24-,25-,26-,27+/m0/s1. The zero-order chi connectivity index (χ0) is 21.6. The van der Waals surface area contributed by atoms with Crippen LogP contribution in [0.1, 0.15) is 85.0 Å². The van der Waals surface area contributed by atoms with Gasteiger partial charge in [0.25, 0.3) is 0 Å². The number of fused-ring (bicyclic) bond motifs is 7. The summed E-state index contributed by atoms with van der Waals surface area (Å²) >= 11 is 0. The third-order valence-electron chi connectivity index (χ3n) is 12.0. The van der Waals surface area contributed by atoms with Crippen molar-refractivity contribution in [3.05, 3.63) is 0 Å². The molecule has 4 heteroatoms. The Hall–Kier alpha value is -0.160. The van der Waals surface area contributed by atoms with E-state index in [1.807, 2.05) is 0 Å². The van der Waals surface area contributed by atoms with Gasteiger partial charge in [-0.1, -0.05) is 20.8 Å². The van der Waals surface area contributed by atoms with Crippen LogP contribution in [-0.4, -0.2) is 41.4 Å². The van der Waals surface area contributed by atoms with E-state index in [2.05, 4.69) is 20.8 Å². The van der Waals surface area contributed by atoms with E-state index >= 15 is 0 Å². The number of rotatable bonds is 1. The second-order valence-corrected chi connectivity index (χ2v) is 13.0. The molecule has 12 atom stereocenters. The highest BCUT2D eigenvalue weighted by atomic mass is 16.7. The average Bonchev–Trinajstić information content (AvgIpc) is 3.20. The molecule has 2 saturated heterocycles. The van der Waals surface area contributed by atoms with E-state index in [1.165, 1.54) is 38.5 Å². The maximum Gasteiger partial charge on any atom is 0.171 e. The van der Waals surface area contributed by atoms with Crippen molar-refractivity contribution in [2.75, 3.05) is 13.2 Å². The Balaban J connectivity index is 1.24. The Morgan fingerprint density at radius 3 is 2.45 bits per heavy atom. The van der Waals surface area contributed by atoms with E-state index < -0.39 is 5.79 Å². The molecule has 4 saturated carbocycles. The summed E-state index contributed by atoms with van der Waals surface area (Å²) in [5, 5.41) is 19.8. The Bertz CT molecular complexity index is 701. The van der Waals surface area contributed by atoms with Gasteiger partial charge in [0.1, 0.15) is 0 Å². The largest absolute Gasteiger partial charge is 0.396 e. The zero-order valence-corrected chi connectivity index (χ0v) is 19.9. The van der Waals surface area contributed by atoms with E-state index in [0.717, 1.165) is 49.4 Å². The molecule has 31 heavy (non-hydrogen) atoms. The predicted molar refractivity (Wildman–Crippen MR) is 119 cm³/mol. The van der Waals surface area contributed by atoms with Crippen LogP contribution in [0.5, 0.6) is 0 Å². The lowest BCUT2D eigenvalue weighted by atomic mass is 9.44. The molecule has 0 aromatic heterocycles. The Morgan fingerprint density at radius 2 is 1.71 bits per heavy atom. The van der Waals surface area contributed by atoms with Crippen LogP contribution in [0.15, 0.2) is 0 Å². The van der Waals surface area contributed by atoms with Crippen molar-refractivity contribution in [3.63, 3.8) is 0 Å². The van der Waals surface area contributed by atoms with Crippen LogP contribution in [0, 0.1) is 52.3 Å². The molecule has 6 rings (SSSR count). The van der Waals surface area contributed by atoms with Crippen molar-refractivity contribution in [2.45, 2.75) is 103 Å². The SMILES string of the molecule is C[C@H]1[C@H]2[C@H](C[C@H]3[C@@H]4CCC5C[C@H](O)CC[C@]5(C)[C@H]4CC[C@]23C)O[C@]12CCC(CO)CO2. The number of aliphatic hydroxyl groups is 2. The van der Waals surface area contributed by atoms with E-state index in [4.69, 9.17) is 9.47 Å². The number of ether oxygens (including phenoxy) is 2. The van der Waals surface area contributed by atoms with E-state index in [9.17, 15) is 10.2 Å². The summed E-state index contributed by atoms with van der Waals surface area (Å²) in [5.41, 5.74) is 0.823. The Morgan fingerprint density at radius 1 is 0.903 bits per heavy atom. The van der Waals surface area contributed by atoms with Gasteiger partial charge in [-0.05, 0) is 98.2 Å². The van der Waals surface area contributed by atoms with Gasteiger partial charge < -0.3 is 19.7 Å². The van der Waals surface area contributed by atoms with Gasteiger partial charge in [-0.2, -0.15) is 0 Å². The van der Waals surface area contributed by atoms with Crippen LogP contribution in [0.4, 0.5) is 0 Å². The summed E-state index contributed by atoms with van der Waals surface area (Å²) in [6.07, 6.45) is 12.2. The summed E-state index contributed by atoms with van der Waals surface area (Å²) in [6.45, 7) is 8.48. The molecule has 2 heterocycles. The van der Waals surface area contributed by atoms with Gasteiger partial charge in [0.05, 0.1) is 18.8 Å². The van der Waals surface area contributed by atoms with Crippen molar-refractivity contribution in [1.29, 1.82) is 0 Å². The molecule has 2 N–H and O–H groups in total. The highest BCUT2D eigenvalue weighted by Gasteiger charge is 2.69. The molecule has 4 aliphatic carbocycles. The highest BCUT2D eigenvalue weighted by Crippen LogP contribution is 2.71. The lowest BCUT2D eigenvalue weighted by molar-refractivity contribution is -0.275. The third-order valence-corrected chi connectivity index (χ3v) is 12.0. The maximum absolute atomic E-state index is 10.3. The molecule has 0 aromatic rings. The summed E-state index contributed by atoms with van der Waals surface area (Å²) in [4.78, 5) is 0. The molecule has 6 aliphatic rings. The second-order valence-electron chi connectivity index (χ2n) is 13.0. The lowest BCUT2D eigenvalue weighted by Gasteiger charge is -2.61. The first-order valence-corrected chi connectivity index (χ1v) is 13.4. The van der Waals surface area contributed by atoms with E-state index in [-0.39, 0.29) is 18.6 Å². The smallest absolute Gasteiger partial charge is 0.171 e. The summed E-state index contributed by atoms with van der Waals surface area (Å²) in [6, 6.07) is 0. The van der Waals surface area contributed by atoms with Gasteiger partial charge in [-0.15, -0.1) is 0 Å². The first kappa shape index (κ1) is 21.4. The summed E-state index contributed by atoms with van der Waals surface area (Å²) < 4.78 is 13.3. The summed E-state index contributed by atoms with van der Waals surface area (Å²) in [5.74, 6) is 4.16. The Kier molecular flexibility index (Phi) is 4.94. The molecule has 0 amide bonds. The van der Waals surface area contributed by atoms with Gasteiger partial charge in [-0.3, -0.25) is 0 Å². The number of hydrogen-bond donors (Lipinski definition) is 2. The molecule has 2 unspecified atom stereocenters. The van der Waals surface area contributed by atoms with E-state index in [0.29, 0.717) is 35.4 Å². The van der Waals surface area contributed by atoms with Gasteiger partial charge in [-0.25, -0.2) is 0 Å². The molecular formula is C27H44O4. The van der Waals surface area contributed by atoms with Gasteiger partial charge in [0, 0.05) is 24.9 Å². The molecule has 1 spiro atoms. The van der Waals surface area contributed by atoms with Gasteiger partial charge in [0.2, 0.25) is 0 Å². The quantitative estimate of drug-likeness (QED) is 0.627. The average molecular weight is 433 g/mol. The fourth-order valence-electron chi connectivity index (χ4n) is 10.3. The highest BCUT2D eigenvalue weighted by molar-refractivity contribution is 5.15. The first-order chi connectivity index (χ1) is 14.8. The molecule has 2 aliphatic heterocycles. The molecular weight excluding hydrogens is 388 g/mol. The van der Waals surface area contributed by atoms with Crippen LogP contribution in [-0.2, 0) is 9.47 Å². The molecule has 0 aromatic carbocycles. The van der Waals surface area contributed by atoms with Gasteiger partial charge in [0.15, 0.2) is 5.79 Å². The predicted octanol–water partition coefficient (Wildman–Crippen LogP) is 4.77.